The molecule has 2 heterocycles. The van der Waals surface area contributed by atoms with Crippen molar-refractivity contribution in [3.8, 4) is 17.9 Å². The third kappa shape index (κ3) is 2.65. The highest BCUT2D eigenvalue weighted by molar-refractivity contribution is 5.22. The molecule has 0 bridgehead atoms. The molecule has 0 aliphatic carbocycles. The van der Waals surface area contributed by atoms with E-state index in [4.69, 9.17) is 15.2 Å². The molecule has 0 radical (unpaired) electrons. The number of anilines is 1. The number of hydrogen-bond acceptors (Lipinski definition) is 8. The summed E-state index contributed by atoms with van der Waals surface area (Å²) in [5.41, 5.74) is 5.07. The fourth-order valence-electron chi connectivity index (χ4n) is 0.972. The first-order valence-corrected chi connectivity index (χ1v) is 4.46. The highest BCUT2D eigenvalue weighted by Gasteiger charge is 2.07. The smallest absolute Gasteiger partial charge is 0.331 e. The van der Waals surface area contributed by atoms with Gasteiger partial charge in [0.05, 0.1) is 7.11 Å². The van der Waals surface area contributed by atoms with E-state index < -0.39 is 0 Å². The number of hydrogen-bond donors (Lipinski definition) is 2. The van der Waals surface area contributed by atoms with E-state index in [0.717, 1.165) is 0 Å². The molecule has 0 unspecified atom stereocenters. The largest absolute Gasteiger partial charge is 0.467 e. The number of nitrogens with zero attached hydrogens (tertiary/aromatic N) is 4. The van der Waals surface area contributed by atoms with E-state index in [1.165, 1.54) is 19.2 Å². The summed E-state index contributed by atoms with van der Waals surface area (Å²) in [6.45, 7) is 0. The van der Waals surface area contributed by atoms with Crippen molar-refractivity contribution in [2.45, 2.75) is 0 Å². The number of ether oxygens (including phenoxy) is 2. The number of H-pyrrole nitrogens is 1. The molecule has 0 saturated heterocycles. The average molecular weight is 236 g/mol. The second kappa shape index (κ2) is 4.43. The van der Waals surface area contributed by atoms with Crippen LogP contribution >= 0.6 is 0 Å². The summed E-state index contributed by atoms with van der Waals surface area (Å²) >= 11 is 0. The summed E-state index contributed by atoms with van der Waals surface area (Å²) in [5, 5.41) is 5.82. The van der Waals surface area contributed by atoms with Crippen LogP contribution in [0.15, 0.2) is 16.9 Å². The molecule has 2 aromatic rings. The molecule has 0 atom stereocenters. The highest BCUT2D eigenvalue weighted by atomic mass is 16.5. The van der Waals surface area contributed by atoms with E-state index in [1.54, 1.807) is 0 Å². The Morgan fingerprint density at radius 3 is 2.65 bits per heavy atom. The van der Waals surface area contributed by atoms with Crippen LogP contribution in [0.2, 0.25) is 0 Å². The van der Waals surface area contributed by atoms with Gasteiger partial charge < -0.3 is 15.2 Å². The molecule has 0 aliphatic rings. The number of methoxy groups -OCH3 is 1. The van der Waals surface area contributed by atoms with Crippen molar-refractivity contribution in [3.05, 3.63) is 22.5 Å². The topological polar surface area (TPSA) is 129 Å². The van der Waals surface area contributed by atoms with Crippen LogP contribution in [0.5, 0.6) is 17.9 Å². The van der Waals surface area contributed by atoms with Crippen molar-refractivity contribution in [2.24, 2.45) is 0 Å². The Balaban J connectivity index is 2.26. The number of aromatic nitrogens is 5. The van der Waals surface area contributed by atoms with Crippen molar-refractivity contribution in [3.63, 3.8) is 0 Å². The number of aromatic amines is 1. The van der Waals surface area contributed by atoms with Gasteiger partial charge in [-0.15, -0.1) is 10.1 Å². The Morgan fingerprint density at radius 2 is 2.00 bits per heavy atom. The lowest BCUT2D eigenvalue weighted by Gasteiger charge is -2.03. The molecule has 9 nitrogen and oxygen atoms in total. The van der Waals surface area contributed by atoms with Crippen LogP contribution in [0.1, 0.15) is 0 Å². The number of nitrogens with two attached hydrogens (primary N) is 1. The molecule has 0 amide bonds. The molecule has 0 spiro atoms. The molecule has 0 saturated carbocycles. The maximum absolute atomic E-state index is 10.8. The molecule has 0 fully saturated rings. The summed E-state index contributed by atoms with van der Waals surface area (Å²) in [5.74, 6) is 0.0773. The van der Waals surface area contributed by atoms with E-state index in [9.17, 15) is 4.79 Å². The lowest BCUT2D eigenvalue weighted by atomic mass is 10.6. The van der Waals surface area contributed by atoms with Gasteiger partial charge in [-0.05, 0) is 0 Å². The molecular weight excluding hydrogens is 228 g/mol. The second-order valence-corrected chi connectivity index (χ2v) is 2.82. The zero-order valence-corrected chi connectivity index (χ0v) is 8.75. The van der Waals surface area contributed by atoms with Gasteiger partial charge in [0.15, 0.2) is 0 Å². The molecule has 0 aliphatic heterocycles. The fourth-order valence-corrected chi connectivity index (χ4v) is 0.972. The van der Waals surface area contributed by atoms with Crippen molar-refractivity contribution in [2.75, 3.05) is 12.8 Å². The highest BCUT2D eigenvalue weighted by Crippen LogP contribution is 2.15. The lowest BCUT2D eigenvalue weighted by molar-refractivity contribution is 0.356. The third-order valence-electron chi connectivity index (χ3n) is 1.64. The third-order valence-corrected chi connectivity index (χ3v) is 1.64. The van der Waals surface area contributed by atoms with Crippen LogP contribution < -0.4 is 20.8 Å². The van der Waals surface area contributed by atoms with Gasteiger partial charge in [0.1, 0.15) is 0 Å². The Kier molecular flexibility index (Phi) is 2.81. The van der Waals surface area contributed by atoms with Crippen LogP contribution in [0.3, 0.4) is 0 Å². The molecule has 88 valence electrons. The second-order valence-electron chi connectivity index (χ2n) is 2.82. The Bertz CT molecular complexity index is 563. The first-order chi connectivity index (χ1) is 8.17. The van der Waals surface area contributed by atoms with Crippen LogP contribution in [0.25, 0.3) is 0 Å². The predicted molar refractivity (Wildman–Crippen MR) is 55.7 cm³/mol. The van der Waals surface area contributed by atoms with Gasteiger partial charge in [0.2, 0.25) is 11.8 Å². The van der Waals surface area contributed by atoms with Crippen LogP contribution in [-0.2, 0) is 0 Å². The predicted octanol–water partition coefficient (Wildman–Crippen LogP) is -0.662. The van der Waals surface area contributed by atoms with Crippen molar-refractivity contribution >= 4 is 5.95 Å². The van der Waals surface area contributed by atoms with Gasteiger partial charge in [-0.2, -0.15) is 9.97 Å². The summed E-state index contributed by atoms with van der Waals surface area (Å²) in [7, 11) is 1.39. The van der Waals surface area contributed by atoms with Gasteiger partial charge in [0.25, 0.3) is 5.56 Å². The summed E-state index contributed by atoms with van der Waals surface area (Å²) in [6.07, 6.45) is 0. The Hall–Kier alpha value is -2.71. The minimum absolute atomic E-state index is 0.0249. The van der Waals surface area contributed by atoms with Crippen molar-refractivity contribution in [1.82, 2.24) is 25.1 Å². The summed E-state index contributed by atoms with van der Waals surface area (Å²) in [6, 6.07) is 2.57. The summed E-state index contributed by atoms with van der Waals surface area (Å²) < 4.78 is 9.95. The zero-order chi connectivity index (χ0) is 12.3. The molecule has 9 heteroatoms. The van der Waals surface area contributed by atoms with Crippen LogP contribution in [0, 0.1) is 0 Å². The van der Waals surface area contributed by atoms with Gasteiger partial charge in [-0.1, -0.05) is 0 Å². The summed E-state index contributed by atoms with van der Waals surface area (Å²) in [4.78, 5) is 22.0. The van der Waals surface area contributed by atoms with Gasteiger partial charge in [0, 0.05) is 12.1 Å². The van der Waals surface area contributed by atoms with Crippen LogP contribution in [-0.4, -0.2) is 32.3 Å². The van der Waals surface area contributed by atoms with E-state index in [-0.39, 0.29) is 29.4 Å². The first-order valence-electron chi connectivity index (χ1n) is 4.46. The average Bonchev–Trinajstić information content (AvgIpc) is 2.31. The minimum Gasteiger partial charge on any atom is -0.467 e. The van der Waals surface area contributed by atoms with Gasteiger partial charge in [-0.3, -0.25) is 4.79 Å². The standard InChI is InChI=1S/C8H8N6O3/c1-16-7-10-6(9)11-8(12-7)17-5-3-2-4(15)13-14-5/h2-3H,1H3,(H,13,15)(H2,9,10,11,12). The lowest BCUT2D eigenvalue weighted by Crippen LogP contribution is -2.07. The quantitative estimate of drug-likeness (QED) is 0.718. The molecule has 3 N–H and O–H groups in total. The van der Waals surface area contributed by atoms with Crippen molar-refractivity contribution < 1.29 is 9.47 Å². The SMILES string of the molecule is COc1nc(N)nc(Oc2ccc(=O)[nH]n2)n1. The Labute approximate surface area is 94.6 Å². The zero-order valence-electron chi connectivity index (χ0n) is 8.75. The molecule has 17 heavy (non-hydrogen) atoms. The number of rotatable bonds is 3. The normalized spacial score (nSPS) is 9.94. The number of nitrogens with one attached hydrogen (secondary N) is 1. The molecule has 2 aromatic heterocycles. The van der Waals surface area contributed by atoms with E-state index in [1.807, 2.05) is 0 Å². The molecular formula is C8H8N6O3. The molecule has 2 rings (SSSR count). The fraction of sp³-hybridized carbons (Fsp3) is 0.125. The molecule has 0 aromatic carbocycles. The Morgan fingerprint density at radius 1 is 1.24 bits per heavy atom. The van der Waals surface area contributed by atoms with Crippen molar-refractivity contribution in [1.29, 1.82) is 0 Å². The number of nitrogen functional groups attached to an aromatic ring is 1. The first kappa shape index (κ1) is 10.8. The van der Waals surface area contributed by atoms with E-state index in [2.05, 4.69) is 25.1 Å². The van der Waals surface area contributed by atoms with Crippen LogP contribution in [0.4, 0.5) is 5.95 Å². The van der Waals surface area contributed by atoms with Gasteiger partial charge >= 0.3 is 12.0 Å². The van der Waals surface area contributed by atoms with E-state index >= 15 is 0 Å². The van der Waals surface area contributed by atoms with Gasteiger partial charge in [-0.25, -0.2) is 5.10 Å². The minimum atomic E-state index is -0.343. The maximum atomic E-state index is 10.8. The monoisotopic (exact) mass is 236 g/mol. The van der Waals surface area contributed by atoms with E-state index in [0.29, 0.717) is 0 Å². The maximum Gasteiger partial charge on any atom is 0.331 e.